The van der Waals surface area contributed by atoms with E-state index in [1.54, 1.807) is 17.2 Å². The second-order valence-electron chi connectivity index (χ2n) is 4.14. The Morgan fingerprint density at radius 3 is 3.24 bits per heavy atom. The van der Waals surface area contributed by atoms with Crippen molar-refractivity contribution in [3.63, 3.8) is 0 Å². The molecule has 1 amide bonds. The van der Waals surface area contributed by atoms with E-state index in [1.807, 2.05) is 6.92 Å². The number of pyridine rings is 1. The zero-order valence-electron chi connectivity index (χ0n) is 9.73. The number of rotatable bonds is 1. The zero-order chi connectivity index (χ0) is 12.3. The van der Waals surface area contributed by atoms with Gasteiger partial charge in [-0.25, -0.2) is 0 Å². The SMILES string of the molecule is CC1CN(C(=O)c2ccncc2Cl)CCCO1. The molecule has 2 heterocycles. The van der Waals surface area contributed by atoms with Crippen molar-refractivity contribution < 1.29 is 9.53 Å². The second-order valence-corrected chi connectivity index (χ2v) is 4.55. The van der Waals surface area contributed by atoms with Crippen molar-refractivity contribution in [1.82, 2.24) is 9.88 Å². The van der Waals surface area contributed by atoms with Crippen LogP contribution < -0.4 is 0 Å². The third-order valence-electron chi connectivity index (χ3n) is 2.74. The predicted octanol–water partition coefficient (Wildman–Crippen LogP) is 1.99. The number of carbonyl (C=O) groups is 1. The third kappa shape index (κ3) is 2.96. The molecule has 0 radical (unpaired) electrons. The fourth-order valence-corrected chi connectivity index (χ4v) is 2.10. The second kappa shape index (κ2) is 5.47. The lowest BCUT2D eigenvalue weighted by Crippen LogP contribution is -2.36. The molecule has 1 aromatic rings. The number of halogens is 1. The highest BCUT2D eigenvalue weighted by Gasteiger charge is 2.22. The van der Waals surface area contributed by atoms with Crippen LogP contribution in [0, 0.1) is 0 Å². The smallest absolute Gasteiger partial charge is 0.255 e. The van der Waals surface area contributed by atoms with E-state index < -0.39 is 0 Å². The summed E-state index contributed by atoms with van der Waals surface area (Å²) < 4.78 is 5.51. The molecule has 1 atom stereocenters. The quantitative estimate of drug-likeness (QED) is 0.770. The Morgan fingerprint density at radius 2 is 2.47 bits per heavy atom. The molecule has 1 aliphatic rings. The van der Waals surface area contributed by atoms with Crippen molar-refractivity contribution in [2.24, 2.45) is 0 Å². The number of amides is 1. The van der Waals surface area contributed by atoms with Gasteiger partial charge in [0.25, 0.3) is 5.91 Å². The van der Waals surface area contributed by atoms with Crippen LogP contribution in [0.15, 0.2) is 18.5 Å². The molecule has 92 valence electrons. The molecule has 1 aromatic heterocycles. The molecule has 0 bridgehead atoms. The first-order chi connectivity index (χ1) is 8.18. The highest BCUT2D eigenvalue weighted by Crippen LogP contribution is 2.17. The van der Waals surface area contributed by atoms with Crippen LogP contribution in [0.3, 0.4) is 0 Å². The van der Waals surface area contributed by atoms with Gasteiger partial charge in [-0.3, -0.25) is 9.78 Å². The van der Waals surface area contributed by atoms with Crippen LogP contribution in [0.5, 0.6) is 0 Å². The Kier molecular flexibility index (Phi) is 3.97. The molecule has 0 spiro atoms. The maximum absolute atomic E-state index is 12.3. The van der Waals surface area contributed by atoms with Gasteiger partial charge in [-0.15, -0.1) is 0 Å². The van der Waals surface area contributed by atoms with Crippen molar-refractivity contribution in [3.8, 4) is 0 Å². The van der Waals surface area contributed by atoms with Gasteiger partial charge in [-0.1, -0.05) is 11.6 Å². The zero-order valence-corrected chi connectivity index (χ0v) is 10.5. The maximum Gasteiger partial charge on any atom is 0.255 e. The first-order valence-corrected chi connectivity index (χ1v) is 6.06. The van der Waals surface area contributed by atoms with E-state index in [2.05, 4.69) is 4.98 Å². The van der Waals surface area contributed by atoms with Crippen LogP contribution in [0.2, 0.25) is 5.02 Å². The predicted molar refractivity (Wildman–Crippen MR) is 65.2 cm³/mol. The first-order valence-electron chi connectivity index (χ1n) is 5.69. The summed E-state index contributed by atoms with van der Waals surface area (Å²) >= 11 is 5.97. The molecular formula is C12H15ClN2O2. The van der Waals surface area contributed by atoms with E-state index >= 15 is 0 Å². The van der Waals surface area contributed by atoms with Gasteiger partial charge in [0.2, 0.25) is 0 Å². The van der Waals surface area contributed by atoms with Gasteiger partial charge >= 0.3 is 0 Å². The number of hydrogen-bond donors (Lipinski definition) is 0. The van der Waals surface area contributed by atoms with Crippen LogP contribution >= 0.6 is 11.6 Å². The molecule has 0 aromatic carbocycles. The number of aromatic nitrogens is 1. The molecule has 0 N–H and O–H groups in total. The summed E-state index contributed by atoms with van der Waals surface area (Å²) in [6.45, 7) is 3.99. The third-order valence-corrected chi connectivity index (χ3v) is 3.04. The first kappa shape index (κ1) is 12.3. The number of hydrogen-bond acceptors (Lipinski definition) is 3. The minimum atomic E-state index is -0.0465. The summed E-state index contributed by atoms with van der Waals surface area (Å²) in [5.74, 6) is -0.0465. The molecule has 1 unspecified atom stereocenters. The van der Waals surface area contributed by atoms with E-state index in [-0.39, 0.29) is 12.0 Å². The number of carbonyl (C=O) groups excluding carboxylic acids is 1. The van der Waals surface area contributed by atoms with E-state index in [0.29, 0.717) is 30.3 Å². The minimum Gasteiger partial charge on any atom is -0.377 e. The minimum absolute atomic E-state index is 0.0465. The van der Waals surface area contributed by atoms with Gasteiger partial charge in [0.15, 0.2) is 0 Å². The van der Waals surface area contributed by atoms with E-state index in [9.17, 15) is 4.79 Å². The van der Waals surface area contributed by atoms with Crippen molar-refractivity contribution in [2.75, 3.05) is 19.7 Å². The van der Waals surface area contributed by atoms with Gasteiger partial charge in [0, 0.05) is 32.1 Å². The topological polar surface area (TPSA) is 42.4 Å². The molecule has 0 aliphatic carbocycles. The highest BCUT2D eigenvalue weighted by atomic mass is 35.5. The fraction of sp³-hybridized carbons (Fsp3) is 0.500. The Hall–Kier alpha value is -1.13. The average molecular weight is 255 g/mol. The van der Waals surface area contributed by atoms with Gasteiger partial charge in [-0.05, 0) is 19.4 Å². The molecule has 4 nitrogen and oxygen atoms in total. The lowest BCUT2D eigenvalue weighted by molar-refractivity contribution is 0.0563. The summed E-state index contributed by atoms with van der Waals surface area (Å²) in [4.78, 5) is 17.9. The van der Waals surface area contributed by atoms with E-state index in [0.717, 1.165) is 6.42 Å². The number of nitrogens with zero attached hydrogens (tertiary/aromatic N) is 2. The standard InChI is InChI=1S/C12H15ClN2O2/c1-9-8-15(5-2-6-17-9)12(16)10-3-4-14-7-11(10)13/h3-4,7,9H,2,5-6,8H2,1H3. The summed E-state index contributed by atoms with van der Waals surface area (Å²) in [5.41, 5.74) is 0.510. The summed E-state index contributed by atoms with van der Waals surface area (Å²) in [5, 5.41) is 0.398. The van der Waals surface area contributed by atoms with Crippen LogP contribution in [0.1, 0.15) is 23.7 Å². The normalized spacial score (nSPS) is 21.1. The maximum atomic E-state index is 12.3. The van der Waals surface area contributed by atoms with E-state index in [1.165, 1.54) is 6.20 Å². The van der Waals surface area contributed by atoms with Crippen molar-refractivity contribution in [1.29, 1.82) is 0 Å². The lowest BCUT2D eigenvalue weighted by Gasteiger charge is -2.22. The van der Waals surface area contributed by atoms with Crippen LogP contribution in [-0.2, 0) is 4.74 Å². The Labute approximate surface area is 106 Å². The summed E-state index contributed by atoms with van der Waals surface area (Å²) in [6.07, 6.45) is 4.00. The molecule has 1 aliphatic heterocycles. The molecule has 5 heteroatoms. The van der Waals surface area contributed by atoms with Crippen molar-refractivity contribution in [2.45, 2.75) is 19.4 Å². The molecule has 1 saturated heterocycles. The molecule has 0 saturated carbocycles. The number of ether oxygens (including phenoxy) is 1. The van der Waals surface area contributed by atoms with Crippen LogP contribution in [0.25, 0.3) is 0 Å². The lowest BCUT2D eigenvalue weighted by atomic mass is 10.2. The highest BCUT2D eigenvalue weighted by molar-refractivity contribution is 6.33. The Morgan fingerprint density at radius 1 is 1.65 bits per heavy atom. The van der Waals surface area contributed by atoms with Crippen LogP contribution in [-0.4, -0.2) is 41.6 Å². The van der Waals surface area contributed by atoms with Crippen molar-refractivity contribution >= 4 is 17.5 Å². The van der Waals surface area contributed by atoms with Crippen molar-refractivity contribution in [3.05, 3.63) is 29.0 Å². The van der Waals surface area contributed by atoms with Gasteiger partial charge in [-0.2, -0.15) is 0 Å². The molecule has 2 rings (SSSR count). The largest absolute Gasteiger partial charge is 0.377 e. The molecular weight excluding hydrogens is 240 g/mol. The van der Waals surface area contributed by atoms with Gasteiger partial charge < -0.3 is 9.64 Å². The average Bonchev–Trinajstić information content (AvgIpc) is 2.54. The van der Waals surface area contributed by atoms with Gasteiger partial charge in [0.1, 0.15) is 0 Å². The monoisotopic (exact) mass is 254 g/mol. The van der Waals surface area contributed by atoms with E-state index in [4.69, 9.17) is 16.3 Å². The Bertz CT molecular complexity index is 411. The van der Waals surface area contributed by atoms with Gasteiger partial charge in [0.05, 0.1) is 16.7 Å². The molecule has 1 fully saturated rings. The molecule has 17 heavy (non-hydrogen) atoms. The summed E-state index contributed by atoms with van der Waals surface area (Å²) in [6, 6.07) is 1.65. The fourth-order valence-electron chi connectivity index (χ4n) is 1.90. The summed E-state index contributed by atoms with van der Waals surface area (Å²) in [7, 11) is 0. The Balaban J connectivity index is 2.16. The van der Waals surface area contributed by atoms with Crippen LogP contribution in [0.4, 0.5) is 0 Å².